The van der Waals surface area contributed by atoms with Crippen LogP contribution in [0.15, 0.2) is 54.6 Å². The summed E-state index contributed by atoms with van der Waals surface area (Å²) in [5, 5.41) is 7.85. The van der Waals surface area contributed by atoms with Crippen LogP contribution in [0.25, 0.3) is 5.69 Å². The molecule has 3 unspecified atom stereocenters. The van der Waals surface area contributed by atoms with Crippen LogP contribution in [0.5, 0.6) is 5.75 Å². The minimum Gasteiger partial charge on any atom is -0.496 e. The largest absolute Gasteiger partial charge is 0.496 e. The lowest BCUT2D eigenvalue weighted by Crippen LogP contribution is -2.49. The van der Waals surface area contributed by atoms with Crippen molar-refractivity contribution >= 4 is 11.8 Å². The lowest BCUT2D eigenvalue weighted by atomic mass is 9.84. The number of likely N-dealkylation sites (tertiary alicyclic amines) is 1. The maximum Gasteiger partial charge on any atom is 0.258 e. The van der Waals surface area contributed by atoms with Gasteiger partial charge in [-0.05, 0) is 63.3 Å². The second kappa shape index (κ2) is 10.2. The van der Waals surface area contributed by atoms with Gasteiger partial charge in [-0.25, -0.2) is 4.68 Å². The molecule has 1 saturated heterocycles. The van der Waals surface area contributed by atoms with E-state index in [0.717, 1.165) is 48.3 Å². The highest BCUT2D eigenvalue weighted by molar-refractivity contribution is 6.00. The molecule has 7 heteroatoms. The molecule has 2 aliphatic rings. The van der Waals surface area contributed by atoms with Crippen molar-refractivity contribution in [1.29, 1.82) is 0 Å². The van der Waals surface area contributed by atoms with Crippen molar-refractivity contribution in [3.63, 3.8) is 0 Å². The molecule has 2 amide bonds. The van der Waals surface area contributed by atoms with E-state index in [1.165, 1.54) is 0 Å². The zero-order chi connectivity index (χ0) is 25.2. The molecule has 2 fully saturated rings. The lowest BCUT2D eigenvalue weighted by Gasteiger charge is -2.34. The van der Waals surface area contributed by atoms with Crippen molar-refractivity contribution < 1.29 is 14.3 Å². The number of nitrogens with zero attached hydrogens (tertiary/aromatic N) is 3. The van der Waals surface area contributed by atoms with Gasteiger partial charge in [-0.15, -0.1) is 0 Å². The number of aryl methyl sites for hydroxylation is 1. The zero-order valence-electron chi connectivity index (χ0n) is 21.2. The third-order valence-corrected chi connectivity index (χ3v) is 7.84. The van der Waals surface area contributed by atoms with Gasteiger partial charge in [-0.2, -0.15) is 5.10 Å². The van der Waals surface area contributed by atoms with Crippen LogP contribution in [0.3, 0.4) is 0 Å². The van der Waals surface area contributed by atoms with Crippen LogP contribution in [-0.2, 0) is 11.3 Å². The molecule has 1 aromatic heterocycles. The highest BCUT2D eigenvalue weighted by Crippen LogP contribution is 2.41. The van der Waals surface area contributed by atoms with E-state index in [1.807, 2.05) is 65.9 Å². The summed E-state index contributed by atoms with van der Waals surface area (Å²) >= 11 is 0. The minimum atomic E-state index is -0.486. The van der Waals surface area contributed by atoms with Gasteiger partial charge in [0.1, 0.15) is 11.8 Å². The number of methoxy groups -OCH3 is 1. The van der Waals surface area contributed by atoms with Gasteiger partial charge < -0.3 is 15.0 Å². The topological polar surface area (TPSA) is 76.5 Å². The van der Waals surface area contributed by atoms with Gasteiger partial charge in [0.2, 0.25) is 5.91 Å². The van der Waals surface area contributed by atoms with Crippen LogP contribution in [0, 0.1) is 19.8 Å². The van der Waals surface area contributed by atoms with Crippen LogP contribution in [-0.4, -0.2) is 45.7 Å². The van der Waals surface area contributed by atoms with E-state index in [2.05, 4.69) is 5.32 Å². The van der Waals surface area contributed by atoms with Crippen molar-refractivity contribution in [3.05, 3.63) is 77.1 Å². The summed E-state index contributed by atoms with van der Waals surface area (Å²) in [5.41, 5.74) is 4.40. The van der Waals surface area contributed by atoms with Gasteiger partial charge in [-0.1, -0.05) is 43.2 Å². The van der Waals surface area contributed by atoms with Crippen molar-refractivity contribution in [1.82, 2.24) is 20.0 Å². The maximum absolute atomic E-state index is 13.8. The Kier molecular flexibility index (Phi) is 6.81. The Bertz CT molecular complexity index is 1250. The molecule has 188 valence electrons. The summed E-state index contributed by atoms with van der Waals surface area (Å²) in [5.74, 6) is 0.683. The highest BCUT2D eigenvalue weighted by Gasteiger charge is 2.47. The number of hydrogen-bond acceptors (Lipinski definition) is 4. The van der Waals surface area contributed by atoms with Gasteiger partial charge in [-0.3, -0.25) is 9.59 Å². The minimum absolute atomic E-state index is 0.0937. The molecule has 0 bridgehead atoms. The standard InChI is InChI=1S/C29H34N4O3/c1-19-24(20(2)33(31-19)22-12-5-4-6-13-22)18-30-28(34)26-17-21-11-7-9-15-25(21)32(26)29(35)23-14-8-10-16-27(23)36-3/h4-6,8,10,12-14,16,21,25-26H,7,9,11,15,17-18H2,1-3H3,(H,30,34). The van der Waals surface area contributed by atoms with Gasteiger partial charge >= 0.3 is 0 Å². The van der Waals surface area contributed by atoms with E-state index >= 15 is 0 Å². The highest BCUT2D eigenvalue weighted by atomic mass is 16.5. The van der Waals surface area contributed by atoms with Crippen molar-refractivity contribution in [3.8, 4) is 11.4 Å². The number of nitrogens with one attached hydrogen (secondary N) is 1. The first-order chi connectivity index (χ1) is 17.5. The molecule has 3 atom stereocenters. The molecule has 2 heterocycles. The normalized spacial score (nSPS) is 21.2. The third-order valence-electron chi connectivity index (χ3n) is 7.84. The summed E-state index contributed by atoms with van der Waals surface area (Å²) in [6.07, 6.45) is 4.95. The third kappa shape index (κ3) is 4.38. The van der Waals surface area contributed by atoms with Crippen LogP contribution in [0.1, 0.15) is 59.4 Å². The Hall–Kier alpha value is -3.61. The second-order valence-corrected chi connectivity index (χ2v) is 9.89. The van der Waals surface area contributed by atoms with E-state index in [-0.39, 0.29) is 17.9 Å². The average Bonchev–Trinajstić information content (AvgIpc) is 3.44. The number of fused-ring (bicyclic) bond motifs is 1. The predicted molar refractivity (Wildman–Crippen MR) is 138 cm³/mol. The number of ether oxygens (including phenoxy) is 1. The van der Waals surface area contributed by atoms with Gasteiger partial charge in [0.15, 0.2) is 0 Å². The van der Waals surface area contributed by atoms with Crippen LogP contribution in [0.4, 0.5) is 0 Å². The Morgan fingerprint density at radius 3 is 2.53 bits per heavy atom. The molecule has 36 heavy (non-hydrogen) atoms. The first-order valence-electron chi connectivity index (χ1n) is 12.8. The first kappa shape index (κ1) is 24.1. The van der Waals surface area contributed by atoms with E-state index in [9.17, 15) is 9.59 Å². The monoisotopic (exact) mass is 486 g/mol. The SMILES string of the molecule is COc1ccccc1C(=O)N1C(C(=O)NCc2c(C)nn(-c3ccccc3)c2C)CC2CCCCC21. The molecule has 0 spiro atoms. The number of amides is 2. The summed E-state index contributed by atoms with van der Waals surface area (Å²) in [4.78, 5) is 29.2. The molecular formula is C29H34N4O3. The average molecular weight is 487 g/mol. The molecule has 3 aromatic rings. The Balaban J connectivity index is 1.38. The van der Waals surface area contributed by atoms with Crippen molar-refractivity contribution in [2.45, 2.75) is 64.6 Å². The fraction of sp³-hybridized carbons (Fsp3) is 0.414. The van der Waals surface area contributed by atoms with E-state index in [1.54, 1.807) is 19.2 Å². The molecule has 0 radical (unpaired) electrons. The Morgan fingerprint density at radius 1 is 1.03 bits per heavy atom. The number of para-hydroxylation sites is 2. The first-order valence-corrected chi connectivity index (χ1v) is 12.8. The number of rotatable bonds is 6. The Morgan fingerprint density at radius 2 is 1.75 bits per heavy atom. The molecule has 5 rings (SSSR count). The summed E-state index contributed by atoms with van der Waals surface area (Å²) in [6.45, 7) is 4.37. The van der Waals surface area contributed by atoms with Gasteiger partial charge in [0.25, 0.3) is 5.91 Å². The predicted octanol–water partition coefficient (Wildman–Crippen LogP) is 4.59. The van der Waals surface area contributed by atoms with Crippen LogP contribution in [0.2, 0.25) is 0 Å². The van der Waals surface area contributed by atoms with E-state index in [0.29, 0.717) is 30.2 Å². The van der Waals surface area contributed by atoms with Gasteiger partial charge in [0, 0.05) is 23.8 Å². The molecule has 1 N–H and O–H groups in total. The maximum atomic E-state index is 13.8. The van der Waals surface area contributed by atoms with Crippen LogP contribution < -0.4 is 10.1 Å². The summed E-state index contributed by atoms with van der Waals surface area (Å²) in [7, 11) is 1.57. The van der Waals surface area contributed by atoms with Gasteiger partial charge in [0.05, 0.1) is 24.1 Å². The zero-order valence-corrected chi connectivity index (χ0v) is 21.2. The molecule has 1 saturated carbocycles. The van der Waals surface area contributed by atoms with Crippen LogP contribution >= 0.6 is 0 Å². The van der Waals surface area contributed by atoms with E-state index < -0.39 is 6.04 Å². The Labute approximate surface area is 212 Å². The van der Waals surface area contributed by atoms with Crippen molar-refractivity contribution in [2.24, 2.45) is 5.92 Å². The lowest BCUT2D eigenvalue weighted by molar-refractivity contribution is -0.125. The number of carbonyl (C=O) groups excluding carboxylic acids is 2. The fourth-order valence-corrected chi connectivity index (χ4v) is 5.99. The second-order valence-electron chi connectivity index (χ2n) is 9.89. The summed E-state index contributed by atoms with van der Waals surface area (Å²) < 4.78 is 7.39. The smallest absolute Gasteiger partial charge is 0.258 e. The molecule has 1 aliphatic heterocycles. The molecule has 7 nitrogen and oxygen atoms in total. The fourth-order valence-electron chi connectivity index (χ4n) is 5.99. The van der Waals surface area contributed by atoms with E-state index in [4.69, 9.17) is 9.84 Å². The molecule has 1 aliphatic carbocycles. The number of aromatic nitrogens is 2. The quantitative estimate of drug-likeness (QED) is 0.553. The molecular weight excluding hydrogens is 452 g/mol. The van der Waals surface area contributed by atoms with Crippen molar-refractivity contribution in [2.75, 3.05) is 7.11 Å². The number of carbonyl (C=O) groups is 2. The number of hydrogen-bond donors (Lipinski definition) is 1. The molecule has 2 aromatic carbocycles. The number of benzene rings is 2. The summed E-state index contributed by atoms with van der Waals surface area (Å²) in [6, 6.07) is 16.9.